The van der Waals surface area contributed by atoms with Crippen LogP contribution in [-0.4, -0.2) is 54.6 Å². The van der Waals surface area contributed by atoms with Gasteiger partial charge in [-0.25, -0.2) is 0 Å². The van der Waals surface area contributed by atoms with Gasteiger partial charge in [0.15, 0.2) is 0 Å². The molecule has 1 saturated heterocycles. The van der Waals surface area contributed by atoms with Crippen LogP contribution in [0.2, 0.25) is 0 Å². The van der Waals surface area contributed by atoms with Gasteiger partial charge in [0.05, 0.1) is 0 Å². The SMILES string of the molecule is CCN(CC)C1CCN(CC2CCCC2N)C1. The zero-order valence-corrected chi connectivity index (χ0v) is 11.6. The van der Waals surface area contributed by atoms with E-state index in [-0.39, 0.29) is 0 Å². The predicted octanol–water partition coefficient (Wildman–Crippen LogP) is 1.53. The van der Waals surface area contributed by atoms with Gasteiger partial charge >= 0.3 is 0 Å². The van der Waals surface area contributed by atoms with Gasteiger partial charge in [0.1, 0.15) is 0 Å². The van der Waals surface area contributed by atoms with E-state index in [0.29, 0.717) is 6.04 Å². The number of nitrogens with zero attached hydrogens (tertiary/aromatic N) is 2. The first-order valence-electron chi connectivity index (χ1n) is 7.46. The Balaban J connectivity index is 1.77. The van der Waals surface area contributed by atoms with E-state index in [4.69, 9.17) is 5.73 Å². The van der Waals surface area contributed by atoms with Crippen LogP contribution in [0, 0.1) is 5.92 Å². The van der Waals surface area contributed by atoms with Gasteiger partial charge in [0.25, 0.3) is 0 Å². The van der Waals surface area contributed by atoms with Gasteiger partial charge in [-0.05, 0) is 44.8 Å². The predicted molar refractivity (Wildman–Crippen MR) is 73.1 cm³/mol. The summed E-state index contributed by atoms with van der Waals surface area (Å²) in [5, 5.41) is 0. The highest BCUT2D eigenvalue weighted by molar-refractivity contribution is 4.88. The van der Waals surface area contributed by atoms with Crippen LogP contribution in [0.15, 0.2) is 0 Å². The Bertz CT molecular complexity index is 228. The molecule has 1 saturated carbocycles. The minimum absolute atomic E-state index is 0.475. The summed E-state index contributed by atoms with van der Waals surface area (Å²) in [5.74, 6) is 0.769. The van der Waals surface area contributed by atoms with Crippen LogP contribution in [0.3, 0.4) is 0 Å². The summed E-state index contributed by atoms with van der Waals surface area (Å²) in [6.07, 6.45) is 5.30. The third-order valence-corrected chi connectivity index (χ3v) is 4.79. The van der Waals surface area contributed by atoms with E-state index in [1.54, 1.807) is 0 Å². The maximum absolute atomic E-state index is 6.17. The molecular formula is C14H29N3. The lowest BCUT2D eigenvalue weighted by molar-refractivity contribution is 0.199. The molecule has 0 radical (unpaired) electrons. The molecule has 2 fully saturated rings. The molecule has 2 aliphatic rings. The van der Waals surface area contributed by atoms with Gasteiger partial charge in [0, 0.05) is 25.2 Å². The van der Waals surface area contributed by atoms with Crippen molar-refractivity contribution in [2.24, 2.45) is 11.7 Å². The summed E-state index contributed by atoms with van der Waals surface area (Å²) in [4.78, 5) is 5.26. The van der Waals surface area contributed by atoms with Gasteiger partial charge in [-0.1, -0.05) is 20.3 Å². The Labute approximate surface area is 106 Å². The highest BCUT2D eigenvalue weighted by Crippen LogP contribution is 2.26. The molecule has 2 N–H and O–H groups in total. The van der Waals surface area contributed by atoms with Gasteiger partial charge in [-0.3, -0.25) is 4.90 Å². The van der Waals surface area contributed by atoms with Gasteiger partial charge in [-0.2, -0.15) is 0 Å². The van der Waals surface area contributed by atoms with E-state index >= 15 is 0 Å². The average molecular weight is 239 g/mol. The Morgan fingerprint density at radius 2 is 1.94 bits per heavy atom. The molecule has 0 aromatic heterocycles. The van der Waals surface area contributed by atoms with E-state index in [2.05, 4.69) is 23.6 Å². The monoisotopic (exact) mass is 239 g/mol. The summed E-state index contributed by atoms with van der Waals surface area (Å²) in [5.41, 5.74) is 6.17. The Morgan fingerprint density at radius 3 is 2.53 bits per heavy atom. The minimum atomic E-state index is 0.475. The zero-order chi connectivity index (χ0) is 12.3. The standard InChI is InChI=1S/C14H29N3/c1-3-17(4-2)13-8-9-16(11-13)10-12-6-5-7-14(12)15/h12-14H,3-11,15H2,1-2H3. The lowest BCUT2D eigenvalue weighted by atomic mass is 10.0. The van der Waals surface area contributed by atoms with Crippen molar-refractivity contribution in [3.8, 4) is 0 Å². The normalized spacial score (nSPS) is 34.9. The molecule has 3 heteroatoms. The van der Waals surface area contributed by atoms with Crippen molar-refractivity contribution in [2.45, 2.75) is 51.6 Å². The third-order valence-electron chi connectivity index (χ3n) is 4.79. The Morgan fingerprint density at radius 1 is 1.18 bits per heavy atom. The maximum atomic E-state index is 6.17. The first-order chi connectivity index (χ1) is 8.24. The van der Waals surface area contributed by atoms with Crippen molar-refractivity contribution in [1.82, 2.24) is 9.80 Å². The fourth-order valence-corrected chi connectivity index (χ4v) is 3.64. The van der Waals surface area contributed by atoms with Crippen LogP contribution < -0.4 is 5.73 Å². The largest absolute Gasteiger partial charge is 0.327 e. The number of hydrogen-bond donors (Lipinski definition) is 1. The number of likely N-dealkylation sites (N-methyl/N-ethyl adjacent to an activating group) is 1. The van der Waals surface area contributed by atoms with Crippen LogP contribution in [0.1, 0.15) is 39.5 Å². The lowest BCUT2D eigenvalue weighted by Crippen LogP contribution is -2.39. The van der Waals surface area contributed by atoms with Crippen molar-refractivity contribution in [1.29, 1.82) is 0 Å². The quantitative estimate of drug-likeness (QED) is 0.790. The van der Waals surface area contributed by atoms with Crippen molar-refractivity contribution < 1.29 is 0 Å². The van der Waals surface area contributed by atoms with Gasteiger partial charge in [-0.15, -0.1) is 0 Å². The second-order valence-electron chi connectivity index (χ2n) is 5.78. The van der Waals surface area contributed by atoms with Crippen LogP contribution in [0.25, 0.3) is 0 Å². The summed E-state index contributed by atoms with van der Waals surface area (Å²) >= 11 is 0. The number of nitrogens with two attached hydrogens (primary N) is 1. The van der Waals surface area contributed by atoms with Crippen molar-refractivity contribution in [3.05, 3.63) is 0 Å². The van der Waals surface area contributed by atoms with Crippen LogP contribution in [0.5, 0.6) is 0 Å². The average Bonchev–Trinajstić information content (AvgIpc) is 2.92. The second-order valence-corrected chi connectivity index (χ2v) is 5.78. The zero-order valence-electron chi connectivity index (χ0n) is 11.6. The summed E-state index contributed by atoms with van der Waals surface area (Å²) in [6.45, 7) is 10.7. The molecule has 3 unspecified atom stereocenters. The number of likely N-dealkylation sites (tertiary alicyclic amines) is 1. The molecule has 0 spiro atoms. The van der Waals surface area contributed by atoms with E-state index in [1.807, 2.05) is 0 Å². The Kier molecular flexibility index (Phi) is 4.83. The fraction of sp³-hybridized carbons (Fsp3) is 1.00. The molecule has 1 aliphatic carbocycles. The summed E-state index contributed by atoms with van der Waals surface area (Å²) in [6, 6.07) is 1.27. The van der Waals surface area contributed by atoms with E-state index in [0.717, 1.165) is 12.0 Å². The fourth-order valence-electron chi connectivity index (χ4n) is 3.64. The van der Waals surface area contributed by atoms with Crippen molar-refractivity contribution in [2.75, 3.05) is 32.7 Å². The summed E-state index contributed by atoms with van der Waals surface area (Å²) in [7, 11) is 0. The van der Waals surface area contributed by atoms with E-state index in [1.165, 1.54) is 58.4 Å². The maximum Gasteiger partial charge on any atom is 0.0235 e. The molecule has 1 heterocycles. The number of rotatable bonds is 5. The third kappa shape index (κ3) is 3.21. The molecule has 3 nitrogen and oxygen atoms in total. The lowest BCUT2D eigenvalue weighted by Gasteiger charge is -2.27. The first-order valence-corrected chi connectivity index (χ1v) is 7.46. The highest BCUT2D eigenvalue weighted by Gasteiger charge is 2.31. The molecule has 2 rings (SSSR count). The second kappa shape index (κ2) is 6.17. The molecule has 0 bridgehead atoms. The topological polar surface area (TPSA) is 32.5 Å². The molecule has 100 valence electrons. The van der Waals surface area contributed by atoms with Crippen molar-refractivity contribution >= 4 is 0 Å². The smallest absolute Gasteiger partial charge is 0.0235 e. The molecule has 17 heavy (non-hydrogen) atoms. The number of hydrogen-bond acceptors (Lipinski definition) is 3. The van der Waals surface area contributed by atoms with Gasteiger partial charge in [0.2, 0.25) is 0 Å². The van der Waals surface area contributed by atoms with E-state index in [9.17, 15) is 0 Å². The minimum Gasteiger partial charge on any atom is -0.327 e. The highest BCUT2D eigenvalue weighted by atomic mass is 15.2. The van der Waals surface area contributed by atoms with Gasteiger partial charge < -0.3 is 10.6 Å². The molecule has 3 atom stereocenters. The molecule has 0 aromatic rings. The molecule has 1 aliphatic heterocycles. The molecule has 0 aromatic carbocycles. The van der Waals surface area contributed by atoms with Crippen LogP contribution >= 0.6 is 0 Å². The Hall–Kier alpha value is -0.120. The van der Waals surface area contributed by atoms with E-state index < -0.39 is 0 Å². The molecule has 0 amide bonds. The molecular weight excluding hydrogens is 210 g/mol. The summed E-state index contributed by atoms with van der Waals surface area (Å²) < 4.78 is 0. The first kappa shape index (κ1) is 13.3. The van der Waals surface area contributed by atoms with Crippen LogP contribution in [-0.2, 0) is 0 Å². The van der Waals surface area contributed by atoms with Crippen molar-refractivity contribution in [3.63, 3.8) is 0 Å². The van der Waals surface area contributed by atoms with Crippen LogP contribution in [0.4, 0.5) is 0 Å².